The molecular formula is C14H22O5. The van der Waals surface area contributed by atoms with E-state index in [0.717, 1.165) is 12.2 Å². The summed E-state index contributed by atoms with van der Waals surface area (Å²) in [6, 6.07) is 0. The van der Waals surface area contributed by atoms with Gasteiger partial charge in [0.15, 0.2) is 0 Å². The standard InChI is InChI=1S/C14H22O5/c1-6-12(15)18-10-14(4,5)9-17-8-11(3)19-13(16)7-2/h6-7,11H,1-2,8-10H2,3-5H3. The van der Waals surface area contributed by atoms with Crippen LogP contribution in [0.2, 0.25) is 0 Å². The fourth-order valence-electron chi connectivity index (χ4n) is 1.15. The first-order valence-corrected chi connectivity index (χ1v) is 6.00. The van der Waals surface area contributed by atoms with Crippen molar-refractivity contribution in [3.05, 3.63) is 25.3 Å². The Kier molecular flexibility index (Phi) is 7.75. The lowest BCUT2D eigenvalue weighted by atomic mass is 9.96. The van der Waals surface area contributed by atoms with Gasteiger partial charge in [-0.2, -0.15) is 0 Å². The van der Waals surface area contributed by atoms with E-state index < -0.39 is 11.9 Å². The SMILES string of the molecule is C=CC(=O)OCC(C)(C)COCC(C)OC(=O)C=C. The first kappa shape index (κ1) is 17.4. The zero-order valence-corrected chi connectivity index (χ0v) is 11.8. The fourth-order valence-corrected chi connectivity index (χ4v) is 1.15. The maximum Gasteiger partial charge on any atom is 0.330 e. The first-order chi connectivity index (χ1) is 8.80. The van der Waals surface area contributed by atoms with E-state index in [1.807, 2.05) is 13.8 Å². The molecule has 0 spiro atoms. The molecule has 0 aromatic rings. The summed E-state index contributed by atoms with van der Waals surface area (Å²) >= 11 is 0. The van der Waals surface area contributed by atoms with Crippen LogP contribution in [0.4, 0.5) is 0 Å². The minimum atomic E-state index is -0.477. The van der Waals surface area contributed by atoms with Gasteiger partial charge in [-0.3, -0.25) is 0 Å². The largest absolute Gasteiger partial charge is 0.462 e. The number of hydrogen-bond donors (Lipinski definition) is 0. The van der Waals surface area contributed by atoms with Gasteiger partial charge in [-0.05, 0) is 6.92 Å². The Morgan fingerprint density at radius 2 is 1.74 bits per heavy atom. The second-order valence-electron chi connectivity index (χ2n) is 4.94. The van der Waals surface area contributed by atoms with Crippen LogP contribution < -0.4 is 0 Å². The van der Waals surface area contributed by atoms with Gasteiger partial charge in [0.05, 0.1) is 19.8 Å². The van der Waals surface area contributed by atoms with E-state index in [4.69, 9.17) is 14.2 Å². The molecule has 0 bridgehead atoms. The Morgan fingerprint density at radius 3 is 2.26 bits per heavy atom. The summed E-state index contributed by atoms with van der Waals surface area (Å²) in [6.45, 7) is 13.1. The van der Waals surface area contributed by atoms with Crippen molar-refractivity contribution in [2.24, 2.45) is 5.41 Å². The van der Waals surface area contributed by atoms with Crippen molar-refractivity contribution in [1.82, 2.24) is 0 Å². The third-order valence-electron chi connectivity index (χ3n) is 2.10. The summed E-state index contributed by atoms with van der Waals surface area (Å²) < 4.78 is 15.4. The third kappa shape index (κ3) is 9.02. The number of rotatable bonds is 9. The van der Waals surface area contributed by atoms with Gasteiger partial charge < -0.3 is 14.2 Å². The van der Waals surface area contributed by atoms with Gasteiger partial charge in [-0.25, -0.2) is 9.59 Å². The van der Waals surface area contributed by atoms with Gasteiger partial charge in [0.2, 0.25) is 0 Å². The maximum atomic E-state index is 10.9. The van der Waals surface area contributed by atoms with Crippen LogP contribution in [0.1, 0.15) is 20.8 Å². The van der Waals surface area contributed by atoms with Crippen molar-refractivity contribution in [1.29, 1.82) is 0 Å². The van der Waals surface area contributed by atoms with Crippen molar-refractivity contribution in [3.63, 3.8) is 0 Å². The smallest absolute Gasteiger partial charge is 0.330 e. The molecule has 0 aliphatic rings. The van der Waals surface area contributed by atoms with E-state index in [0.29, 0.717) is 6.61 Å². The molecule has 0 amide bonds. The van der Waals surface area contributed by atoms with Crippen molar-refractivity contribution >= 4 is 11.9 Å². The van der Waals surface area contributed by atoms with E-state index in [1.165, 1.54) is 0 Å². The number of carbonyl (C=O) groups is 2. The van der Waals surface area contributed by atoms with Crippen LogP contribution in [0.15, 0.2) is 25.3 Å². The van der Waals surface area contributed by atoms with Gasteiger partial charge in [-0.15, -0.1) is 0 Å². The van der Waals surface area contributed by atoms with Gasteiger partial charge in [0.1, 0.15) is 6.10 Å². The lowest BCUT2D eigenvalue weighted by molar-refractivity contribution is -0.148. The fraction of sp³-hybridized carbons (Fsp3) is 0.571. The molecule has 5 nitrogen and oxygen atoms in total. The zero-order chi connectivity index (χ0) is 14.9. The molecule has 0 aromatic carbocycles. The summed E-state index contributed by atoms with van der Waals surface area (Å²) in [4.78, 5) is 21.9. The van der Waals surface area contributed by atoms with Crippen LogP contribution in [0.5, 0.6) is 0 Å². The predicted molar refractivity (Wildman–Crippen MR) is 71.5 cm³/mol. The second-order valence-corrected chi connectivity index (χ2v) is 4.94. The van der Waals surface area contributed by atoms with Crippen LogP contribution in [0.3, 0.4) is 0 Å². The van der Waals surface area contributed by atoms with E-state index in [9.17, 15) is 9.59 Å². The molecule has 0 aliphatic heterocycles. The van der Waals surface area contributed by atoms with Crippen LogP contribution in [-0.2, 0) is 23.8 Å². The van der Waals surface area contributed by atoms with Crippen molar-refractivity contribution in [3.8, 4) is 0 Å². The first-order valence-electron chi connectivity index (χ1n) is 6.00. The summed E-state index contributed by atoms with van der Waals surface area (Å²) in [7, 11) is 0. The average Bonchev–Trinajstić information content (AvgIpc) is 2.35. The Morgan fingerprint density at radius 1 is 1.16 bits per heavy atom. The number of carbonyl (C=O) groups excluding carboxylic acids is 2. The summed E-state index contributed by atoms with van der Waals surface area (Å²) in [5.41, 5.74) is -0.319. The molecule has 0 N–H and O–H groups in total. The molecule has 0 radical (unpaired) electrons. The van der Waals surface area contributed by atoms with Gasteiger partial charge in [-0.1, -0.05) is 27.0 Å². The molecule has 0 aromatic heterocycles. The molecule has 19 heavy (non-hydrogen) atoms. The molecule has 0 heterocycles. The van der Waals surface area contributed by atoms with Crippen molar-refractivity contribution < 1.29 is 23.8 Å². The van der Waals surface area contributed by atoms with Crippen molar-refractivity contribution in [2.75, 3.05) is 19.8 Å². The highest BCUT2D eigenvalue weighted by Crippen LogP contribution is 2.16. The lowest BCUT2D eigenvalue weighted by Crippen LogP contribution is -2.29. The van der Waals surface area contributed by atoms with Crippen LogP contribution >= 0.6 is 0 Å². The molecule has 0 saturated carbocycles. The third-order valence-corrected chi connectivity index (χ3v) is 2.10. The van der Waals surface area contributed by atoms with Crippen LogP contribution in [0.25, 0.3) is 0 Å². The van der Waals surface area contributed by atoms with E-state index in [-0.39, 0.29) is 24.7 Å². The molecule has 5 heteroatoms. The molecule has 0 rings (SSSR count). The summed E-state index contributed by atoms with van der Waals surface area (Å²) in [5, 5.41) is 0. The normalized spacial score (nSPS) is 12.4. The molecule has 0 saturated heterocycles. The number of ether oxygens (including phenoxy) is 3. The van der Waals surface area contributed by atoms with Crippen LogP contribution in [-0.4, -0.2) is 37.9 Å². The highest BCUT2D eigenvalue weighted by atomic mass is 16.6. The summed E-state index contributed by atoms with van der Waals surface area (Å²) in [6.07, 6.45) is 1.88. The van der Waals surface area contributed by atoms with Gasteiger partial charge in [0.25, 0.3) is 0 Å². The van der Waals surface area contributed by atoms with Crippen LogP contribution in [0, 0.1) is 5.41 Å². The molecule has 0 aliphatic carbocycles. The maximum absolute atomic E-state index is 10.9. The Labute approximate surface area is 114 Å². The molecule has 108 valence electrons. The van der Waals surface area contributed by atoms with E-state index >= 15 is 0 Å². The Hall–Kier alpha value is -1.62. The quantitative estimate of drug-likeness (QED) is 0.473. The van der Waals surface area contributed by atoms with E-state index in [2.05, 4.69) is 13.2 Å². The molecule has 1 unspecified atom stereocenters. The minimum absolute atomic E-state index is 0.235. The highest BCUT2D eigenvalue weighted by molar-refractivity contribution is 5.81. The zero-order valence-electron chi connectivity index (χ0n) is 11.8. The molecule has 0 fully saturated rings. The predicted octanol–water partition coefficient (Wildman–Crippen LogP) is 1.88. The number of esters is 2. The van der Waals surface area contributed by atoms with Gasteiger partial charge >= 0.3 is 11.9 Å². The lowest BCUT2D eigenvalue weighted by Gasteiger charge is -2.24. The Bertz CT molecular complexity index is 333. The monoisotopic (exact) mass is 270 g/mol. The Balaban J connectivity index is 3.90. The minimum Gasteiger partial charge on any atom is -0.462 e. The second kappa shape index (κ2) is 8.48. The highest BCUT2D eigenvalue weighted by Gasteiger charge is 2.21. The molecule has 1 atom stereocenters. The van der Waals surface area contributed by atoms with Crippen molar-refractivity contribution in [2.45, 2.75) is 26.9 Å². The average molecular weight is 270 g/mol. The summed E-state index contributed by atoms with van der Waals surface area (Å²) in [5.74, 6) is -0.934. The van der Waals surface area contributed by atoms with E-state index in [1.54, 1.807) is 6.92 Å². The number of hydrogen-bond acceptors (Lipinski definition) is 5. The van der Waals surface area contributed by atoms with Gasteiger partial charge in [0, 0.05) is 17.6 Å². The molecular weight excluding hydrogens is 248 g/mol. The topological polar surface area (TPSA) is 61.8 Å².